The van der Waals surface area contributed by atoms with Crippen LogP contribution in [0.5, 0.6) is 0 Å². The van der Waals surface area contributed by atoms with E-state index >= 15 is 0 Å². The smallest absolute Gasteiger partial charge is 0.320 e. The van der Waals surface area contributed by atoms with Gasteiger partial charge in [-0.1, -0.05) is 90.9 Å². The monoisotopic (exact) mass is 439 g/mol. The Morgan fingerprint density at radius 1 is 0.903 bits per heavy atom. The van der Waals surface area contributed by atoms with E-state index in [-0.39, 0.29) is 30.1 Å². The van der Waals surface area contributed by atoms with E-state index in [0.29, 0.717) is 13.0 Å². The first kappa shape index (κ1) is 27.9. The van der Waals surface area contributed by atoms with Crippen LogP contribution in [0.25, 0.3) is 0 Å². The highest BCUT2D eigenvalue weighted by atomic mass is 16.6. The molecule has 5 nitrogen and oxygen atoms in total. The molecule has 0 saturated carbocycles. The second-order valence-corrected chi connectivity index (χ2v) is 9.63. The Morgan fingerprint density at radius 2 is 1.45 bits per heavy atom. The molecule has 1 rings (SSSR count). The van der Waals surface area contributed by atoms with Crippen molar-refractivity contribution in [3.05, 3.63) is 0 Å². The largest absolute Gasteiger partial charge is 0.461 e. The molecule has 0 N–H and O–H groups in total. The number of ether oxygens (including phenoxy) is 2. The van der Waals surface area contributed by atoms with Gasteiger partial charge in [0, 0.05) is 6.42 Å². The van der Waals surface area contributed by atoms with Crippen molar-refractivity contribution in [1.82, 2.24) is 4.90 Å². The molecule has 1 fully saturated rings. The normalized spacial score (nSPS) is 19.2. The van der Waals surface area contributed by atoms with Crippen LogP contribution >= 0.6 is 0 Å². The van der Waals surface area contributed by atoms with Gasteiger partial charge in [0.05, 0.1) is 12.5 Å². The second-order valence-electron chi connectivity index (χ2n) is 9.63. The molecule has 0 bridgehead atoms. The molecule has 0 amide bonds. The van der Waals surface area contributed by atoms with E-state index in [9.17, 15) is 9.59 Å². The minimum atomic E-state index is -0.184. The average Bonchev–Trinajstić information content (AvgIpc) is 2.71. The summed E-state index contributed by atoms with van der Waals surface area (Å²) in [4.78, 5) is 26.0. The topological polar surface area (TPSA) is 55.8 Å². The van der Waals surface area contributed by atoms with Crippen molar-refractivity contribution in [2.45, 2.75) is 129 Å². The Balaban J connectivity index is 2.37. The fourth-order valence-corrected chi connectivity index (χ4v) is 4.35. The lowest BCUT2D eigenvalue weighted by atomic mass is 9.86. The van der Waals surface area contributed by atoms with Crippen molar-refractivity contribution in [2.75, 3.05) is 20.6 Å². The van der Waals surface area contributed by atoms with Crippen molar-refractivity contribution in [3.63, 3.8) is 0 Å². The third-order valence-corrected chi connectivity index (χ3v) is 6.26. The number of esters is 2. The van der Waals surface area contributed by atoms with Crippen LogP contribution in [0.3, 0.4) is 0 Å². The number of hydrogen-bond donors (Lipinski definition) is 0. The fraction of sp³-hybridized carbons (Fsp3) is 0.923. The average molecular weight is 440 g/mol. The van der Waals surface area contributed by atoms with Gasteiger partial charge in [0.25, 0.3) is 0 Å². The van der Waals surface area contributed by atoms with Gasteiger partial charge in [0.1, 0.15) is 12.2 Å². The lowest BCUT2D eigenvalue weighted by Gasteiger charge is -2.37. The molecule has 0 aromatic heterocycles. The second kappa shape index (κ2) is 17.5. The van der Waals surface area contributed by atoms with Gasteiger partial charge >= 0.3 is 11.9 Å². The van der Waals surface area contributed by atoms with Crippen molar-refractivity contribution in [3.8, 4) is 0 Å². The highest BCUT2D eigenvalue weighted by Gasteiger charge is 2.43. The molecule has 0 aromatic rings. The molecule has 1 aliphatic heterocycles. The maximum Gasteiger partial charge on any atom is 0.320 e. The number of carbonyl (C=O) groups is 2. The van der Waals surface area contributed by atoms with E-state index in [4.69, 9.17) is 9.47 Å². The van der Waals surface area contributed by atoms with Crippen molar-refractivity contribution < 1.29 is 19.1 Å². The summed E-state index contributed by atoms with van der Waals surface area (Å²) in [5.74, 6) is -0.256. The number of unbranched alkanes of at least 4 members (excludes halogenated alkanes) is 11. The van der Waals surface area contributed by atoms with Crippen LogP contribution < -0.4 is 0 Å². The standard InChI is InChI=1S/C26H49NO4/c1-5-7-9-11-12-13-14-15-16-18-22(30-25(28)21-27(3)4)20-24-23(26(29)31-24)19-17-10-8-6-2/h22-24H,5-21H2,1-4H3/t22-,23-,24?/m0/s1. The van der Waals surface area contributed by atoms with Crippen LogP contribution in [0, 0.1) is 5.92 Å². The molecule has 31 heavy (non-hydrogen) atoms. The molecule has 1 heterocycles. The summed E-state index contributed by atoms with van der Waals surface area (Å²) in [6.07, 6.45) is 18.4. The number of nitrogens with zero attached hydrogens (tertiary/aromatic N) is 1. The predicted octanol–water partition coefficient (Wildman–Crippen LogP) is 6.28. The lowest BCUT2D eigenvalue weighted by Crippen LogP contribution is -2.47. The molecule has 1 unspecified atom stereocenters. The molecular weight excluding hydrogens is 390 g/mol. The van der Waals surface area contributed by atoms with Crippen molar-refractivity contribution in [1.29, 1.82) is 0 Å². The zero-order valence-electron chi connectivity index (χ0n) is 20.8. The van der Waals surface area contributed by atoms with E-state index in [1.807, 2.05) is 19.0 Å². The molecule has 1 aliphatic rings. The molecule has 0 spiro atoms. The summed E-state index contributed by atoms with van der Waals surface area (Å²) in [6, 6.07) is 0. The van der Waals surface area contributed by atoms with Gasteiger partial charge in [-0.3, -0.25) is 14.5 Å². The summed E-state index contributed by atoms with van der Waals surface area (Å²) in [5, 5.41) is 0. The Labute approximate surface area is 191 Å². The number of rotatable bonds is 20. The SMILES string of the molecule is CCCCCCCCCCC[C@@H](CC1OC(=O)[C@H]1CCCCCC)OC(=O)CN(C)C. The minimum Gasteiger partial charge on any atom is -0.461 e. The lowest BCUT2D eigenvalue weighted by molar-refractivity contribution is -0.190. The summed E-state index contributed by atoms with van der Waals surface area (Å²) >= 11 is 0. The van der Waals surface area contributed by atoms with E-state index in [1.54, 1.807) is 0 Å². The molecular formula is C26H49NO4. The highest BCUT2D eigenvalue weighted by molar-refractivity contribution is 5.78. The first-order valence-electron chi connectivity index (χ1n) is 13.0. The van der Waals surface area contributed by atoms with E-state index < -0.39 is 0 Å². The van der Waals surface area contributed by atoms with Gasteiger partial charge in [-0.2, -0.15) is 0 Å². The molecule has 3 atom stereocenters. The van der Waals surface area contributed by atoms with Crippen LogP contribution in [0.15, 0.2) is 0 Å². The fourth-order valence-electron chi connectivity index (χ4n) is 4.35. The van der Waals surface area contributed by atoms with E-state index in [1.165, 1.54) is 70.6 Å². The first-order chi connectivity index (χ1) is 15.0. The zero-order chi connectivity index (χ0) is 22.9. The maximum atomic E-state index is 12.2. The number of hydrogen-bond acceptors (Lipinski definition) is 5. The van der Waals surface area contributed by atoms with Gasteiger partial charge in [-0.25, -0.2) is 0 Å². The summed E-state index contributed by atoms with van der Waals surface area (Å²) in [7, 11) is 3.74. The van der Waals surface area contributed by atoms with Gasteiger partial charge in [0.15, 0.2) is 0 Å². The molecule has 0 aliphatic carbocycles. The van der Waals surface area contributed by atoms with Crippen LogP contribution in [-0.2, 0) is 19.1 Å². The Hall–Kier alpha value is -1.10. The Kier molecular flexibility index (Phi) is 15.7. The molecule has 0 radical (unpaired) electrons. The molecule has 182 valence electrons. The summed E-state index contributed by atoms with van der Waals surface area (Å²) in [6.45, 7) is 4.74. The molecule has 5 heteroatoms. The number of likely N-dealkylation sites (N-methyl/N-ethyl adjacent to an activating group) is 1. The van der Waals surface area contributed by atoms with Crippen molar-refractivity contribution in [2.24, 2.45) is 5.92 Å². The predicted molar refractivity (Wildman–Crippen MR) is 127 cm³/mol. The number of cyclic esters (lactones) is 1. The van der Waals surface area contributed by atoms with E-state index in [0.717, 1.165) is 25.7 Å². The van der Waals surface area contributed by atoms with Gasteiger partial charge in [-0.05, 0) is 33.4 Å². The van der Waals surface area contributed by atoms with Crippen LogP contribution in [-0.4, -0.2) is 49.7 Å². The minimum absolute atomic E-state index is 0.00460. The van der Waals surface area contributed by atoms with E-state index in [2.05, 4.69) is 13.8 Å². The molecule has 0 aromatic carbocycles. The summed E-state index contributed by atoms with van der Waals surface area (Å²) in [5.41, 5.74) is 0. The Bertz CT molecular complexity index is 480. The van der Waals surface area contributed by atoms with Crippen LogP contribution in [0.4, 0.5) is 0 Å². The van der Waals surface area contributed by atoms with Gasteiger partial charge in [0.2, 0.25) is 0 Å². The van der Waals surface area contributed by atoms with Crippen LogP contribution in [0.2, 0.25) is 0 Å². The number of carbonyl (C=O) groups excluding carboxylic acids is 2. The quantitative estimate of drug-likeness (QED) is 0.165. The molecule has 1 saturated heterocycles. The summed E-state index contributed by atoms with van der Waals surface area (Å²) < 4.78 is 11.2. The third-order valence-electron chi connectivity index (χ3n) is 6.26. The van der Waals surface area contributed by atoms with Gasteiger partial charge in [-0.15, -0.1) is 0 Å². The maximum absolute atomic E-state index is 12.2. The first-order valence-corrected chi connectivity index (χ1v) is 13.0. The van der Waals surface area contributed by atoms with Crippen molar-refractivity contribution >= 4 is 11.9 Å². The highest BCUT2D eigenvalue weighted by Crippen LogP contribution is 2.32. The third kappa shape index (κ3) is 13.1. The zero-order valence-corrected chi connectivity index (χ0v) is 20.8. The Morgan fingerprint density at radius 3 is 2.00 bits per heavy atom. The van der Waals surface area contributed by atoms with Crippen LogP contribution in [0.1, 0.15) is 117 Å². The van der Waals surface area contributed by atoms with Gasteiger partial charge < -0.3 is 9.47 Å².